The number of hydrogen-bond donors (Lipinski definition) is 1. The van der Waals surface area contributed by atoms with Crippen molar-refractivity contribution in [3.8, 4) is 0 Å². The molecule has 0 spiro atoms. The Kier molecular flexibility index (Phi) is 5.58. The third kappa shape index (κ3) is 4.61. The highest BCUT2D eigenvalue weighted by atomic mass is 32.2. The van der Waals surface area contributed by atoms with Gasteiger partial charge >= 0.3 is 6.18 Å². The molecule has 1 atom stereocenters. The Balaban J connectivity index is 1.84. The van der Waals surface area contributed by atoms with E-state index < -0.39 is 22.9 Å². The van der Waals surface area contributed by atoms with Crippen molar-refractivity contribution >= 4 is 34.7 Å². The van der Waals surface area contributed by atoms with Gasteiger partial charge in [0.25, 0.3) is 0 Å². The number of alkyl halides is 3. The molecular weight excluding hydrogens is 383 g/mol. The molecule has 1 aromatic heterocycles. The van der Waals surface area contributed by atoms with Crippen molar-refractivity contribution in [2.75, 3.05) is 5.32 Å². The molecule has 2 aromatic carbocycles. The molecule has 3 rings (SSSR count). The second-order valence-electron chi connectivity index (χ2n) is 5.18. The van der Waals surface area contributed by atoms with E-state index in [1.165, 1.54) is 35.2 Å². The van der Waals surface area contributed by atoms with Crippen LogP contribution in [0.3, 0.4) is 0 Å². The molecule has 0 radical (unpaired) electrons. The van der Waals surface area contributed by atoms with Crippen LogP contribution in [0.4, 0.5) is 18.9 Å². The largest absolute Gasteiger partial charge is 0.416 e. The molecule has 1 heterocycles. The number of anilines is 1. The van der Waals surface area contributed by atoms with Gasteiger partial charge in [-0.05, 0) is 23.8 Å². The maximum Gasteiger partial charge on any atom is 0.416 e. The molecule has 1 amide bonds. The second-order valence-corrected chi connectivity index (χ2v) is 7.37. The number of aromatic nitrogens is 2. The lowest BCUT2D eigenvalue weighted by molar-refractivity contribution is -0.137. The van der Waals surface area contributed by atoms with Gasteiger partial charge in [-0.25, -0.2) is 0 Å². The van der Waals surface area contributed by atoms with E-state index in [4.69, 9.17) is 0 Å². The van der Waals surface area contributed by atoms with E-state index in [0.29, 0.717) is 4.34 Å². The lowest BCUT2D eigenvalue weighted by Gasteiger charge is -2.16. The van der Waals surface area contributed by atoms with Crippen molar-refractivity contribution in [1.29, 1.82) is 0 Å². The zero-order chi connectivity index (χ0) is 18.6. The van der Waals surface area contributed by atoms with Crippen LogP contribution in [0.2, 0.25) is 0 Å². The first-order valence-electron chi connectivity index (χ1n) is 7.39. The molecule has 0 unspecified atom stereocenters. The van der Waals surface area contributed by atoms with Crippen molar-refractivity contribution in [1.82, 2.24) is 10.2 Å². The van der Waals surface area contributed by atoms with Crippen molar-refractivity contribution in [3.63, 3.8) is 0 Å². The first-order valence-corrected chi connectivity index (χ1v) is 9.15. The summed E-state index contributed by atoms with van der Waals surface area (Å²) in [4.78, 5) is 12.7. The molecule has 9 heteroatoms. The number of rotatable bonds is 5. The normalized spacial score (nSPS) is 12.6. The smallest absolute Gasteiger partial charge is 0.325 e. The van der Waals surface area contributed by atoms with E-state index in [-0.39, 0.29) is 5.69 Å². The molecular formula is C17H12F3N3OS2. The SMILES string of the molecule is O=C(Nc1cccc(C(F)(F)F)c1)[C@@H](Sc1nncs1)c1ccccc1. The Bertz CT molecular complexity index is 870. The minimum absolute atomic E-state index is 0.0867. The number of nitrogens with one attached hydrogen (secondary N) is 1. The Morgan fingerprint density at radius 1 is 1.12 bits per heavy atom. The summed E-state index contributed by atoms with van der Waals surface area (Å²) < 4.78 is 39.1. The lowest BCUT2D eigenvalue weighted by Crippen LogP contribution is -2.19. The molecule has 26 heavy (non-hydrogen) atoms. The van der Waals surface area contributed by atoms with Crippen molar-refractivity contribution in [2.45, 2.75) is 15.8 Å². The number of hydrogen-bond acceptors (Lipinski definition) is 5. The van der Waals surface area contributed by atoms with Gasteiger partial charge in [0.05, 0.1) is 5.56 Å². The third-order valence-electron chi connectivity index (χ3n) is 3.36. The summed E-state index contributed by atoms with van der Waals surface area (Å²) in [5, 5.41) is 9.56. The minimum atomic E-state index is -4.47. The second kappa shape index (κ2) is 7.88. The Morgan fingerprint density at radius 2 is 1.88 bits per heavy atom. The van der Waals surface area contributed by atoms with Crippen LogP contribution < -0.4 is 5.32 Å². The van der Waals surface area contributed by atoms with Crippen molar-refractivity contribution in [2.24, 2.45) is 0 Å². The molecule has 4 nitrogen and oxygen atoms in total. The van der Waals surface area contributed by atoms with Crippen molar-refractivity contribution in [3.05, 3.63) is 71.2 Å². The van der Waals surface area contributed by atoms with Crippen LogP contribution in [0.25, 0.3) is 0 Å². The maximum atomic E-state index is 12.9. The van der Waals surface area contributed by atoms with E-state index in [1.807, 2.05) is 6.07 Å². The quantitative estimate of drug-likeness (QED) is 0.616. The van der Waals surface area contributed by atoms with E-state index in [2.05, 4.69) is 15.5 Å². The third-order valence-corrected chi connectivity index (χ3v) is 5.42. The van der Waals surface area contributed by atoms with Crippen LogP contribution >= 0.6 is 23.1 Å². The van der Waals surface area contributed by atoms with Gasteiger partial charge in [-0.1, -0.05) is 59.5 Å². The molecule has 1 N–H and O–H groups in total. The summed E-state index contributed by atoms with van der Waals surface area (Å²) in [6, 6.07) is 13.5. The van der Waals surface area contributed by atoms with Crippen LogP contribution in [-0.4, -0.2) is 16.1 Å². The highest BCUT2D eigenvalue weighted by molar-refractivity contribution is 8.01. The Hall–Kier alpha value is -2.39. The van der Waals surface area contributed by atoms with E-state index in [1.54, 1.807) is 29.8 Å². The molecule has 0 saturated carbocycles. The number of carbonyl (C=O) groups is 1. The Morgan fingerprint density at radius 3 is 2.54 bits per heavy atom. The first-order chi connectivity index (χ1) is 12.4. The number of amides is 1. The fraction of sp³-hybridized carbons (Fsp3) is 0.118. The average molecular weight is 395 g/mol. The summed E-state index contributed by atoms with van der Waals surface area (Å²) in [5.41, 5.74) is 1.54. The van der Waals surface area contributed by atoms with Crippen LogP contribution in [0.1, 0.15) is 16.4 Å². The molecule has 0 aliphatic rings. The van der Waals surface area contributed by atoms with Gasteiger partial charge in [-0.15, -0.1) is 10.2 Å². The molecule has 3 aromatic rings. The summed E-state index contributed by atoms with van der Waals surface area (Å²) >= 11 is 2.48. The first kappa shape index (κ1) is 18.4. The summed E-state index contributed by atoms with van der Waals surface area (Å²) in [5.74, 6) is -0.435. The molecule has 0 saturated heterocycles. The Labute approximate surface area is 155 Å². The topological polar surface area (TPSA) is 54.9 Å². The number of thioether (sulfide) groups is 1. The molecule has 0 fully saturated rings. The maximum absolute atomic E-state index is 12.9. The highest BCUT2D eigenvalue weighted by Gasteiger charge is 2.31. The minimum Gasteiger partial charge on any atom is -0.325 e. The monoisotopic (exact) mass is 395 g/mol. The van der Waals surface area contributed by atoms with Gasteiger partial charge in [0, 0.05) is 5.69 Å². The lowest BCUT2D eigenvalue weighted by atomic mass is 10.1. The number of carbonyl (C=O) groups excluding carboxylic acids is 1. The number of benzene rings is 2. The van der Waals surface area contributed by atoms with E-state index in [0.717, 1.165) is 17.7 Å². The van der Waals surface area contributed by atoms with Gasteiger partial charge in [-0.2, -0.15) is 13.2 Å². The fourth-order valence-corrected chi connectivity index (χ4v) is 3.87. The predicted molar refractivity (Wildman–Crippen MR) is 95.0 cm³/mol. The van der Waals surface area contributed by atoms with Gasteiger partial charge in [0.1, 0.15) is 10.8 Å². The standard InChI is InChI=1S/C17H12F3N3OS2/c18-17(19,20)12-7-4-8-13(9-12)22-15(24)14(11-5-2-1-3-6-11)26-16-23-21-10-25-16/h1-10,14H,(H,22,24)/t14-/m0/s1. The molecule has 134 valence electrons. The number of halogens is 3. The van der Waals surface area contributed by atoms with Gasteiger partial charge in [0.15, 0.2) is 4.34 Å². The van der Waals surface area contributed by atoms with Crippen LogP contribution in [-0.2, 0) is 11.0 Å². The van der Waals surface area contributed by atoms with Gasteiger partial charge < -0.3 is 5.32 Å². The van der Waals surface area contributed by atoms with E-state index >= 15 is 0 Å². The molecule has 0 aliphatic heterocycles. The number of nitrogens with zero attached hydrogens (tertiary/aromatic N) is 2. The van der Waals surface area contributed by atoms with Crippen molar-refractivity contribution < 1.29 is 18.0 Å². The van der Waals surface area contributed by atoms with Crippen LogP contribution in [0.15, 0.2) is 64.4 Å². The zero-order valence-corrected chi connectivity index (χ0v) is 14.7. The average Bonchev–Trinajstić information content (AvgIpc) is 3.13. The van der Waals surface area contributed by atoms with Gasteiger partial charge in [-0.3, -0.25) is 4.79 Å². The van der Waals surface area contributed by atoms with Gasteiger partial charge in [0.2, 0.25) is 5.91 Å². The van der Waals surface area contributed by atoms with Crippen LogP contribution in [0, 0.1) is 0 Å². The highest BCUT2D eigenvalue weighted by Crippen LogP contribution is 2.37. The summed E-state index contributed by atoms with van der Waals surface area (Å²) in [7, 11) is 0. The molecule has 0 bridgehead atoms. The molecule has 0 aliphatic carbocycles. The van der Waals surface area contributed by atoms with Crippen LogP contribution in [0.5, 0.6) is 0 Å². The zero-order valence-electron chi connectivity index (χ0n) is 13.1. The predicted octanol–water partition coefficient (Wildman–Crippen LogP) is 5.03. The summed E-state index contributed by atoms with van der Waals surface area (Å²) in [6.07, 6.45) is -4.47. The van der Waals surface area contributed by atoms with E-state index in [9.17, 15) is 18.0 Å². The summed E-state index contributed by atoms with van der Waals surface area (Å²) in [6.45, 7) is 0. The fourth-order valence-electron chi connectivity index (χ4n) is 2.20.